The van der Waals surface area contributed by atoms with Gasteiger partial charge in [0.05, 0.1) is 27.2 Å². The summed E-state index contributed by atoms with van der Waals surface area (Å²) in [5.74, 6) is 1.50. The molecule has 0 atom stereocenters. The number of hydrogen-bond donors (Lipinski definition) is 0. The molecule has 154 valence electrons. The third-order valence-corrected chi connectivity index (χ3v) is 6.67. The quantitative estimate of drug-likeness (QED) is 0.266. The topological polar surface area (TPSA) is 73.8 Å². The van der Waals surface area contributed by atoms with Crippen LogP contribution in [0.3, 0.4) is 0 Å². The van der Waals surface area contributed by atoms with Crippen molar-refractivity contribution in [3.63, 3.8) is 0 Å². The highest BCUT2D eigenvalue weighted by Crippen LogP contribution is 2.27. The Morgan fingerprint density at radius 3 is 2.77 bits per heavy atom. The van der Waals surface area contributed by atoms with Gasteiger partial charge in [0.15, 0.2) is 11.0 Å². The van der Waals surface area contributed by atoms with E-state index in [1.54, 1.807) is 15.9 Å². The van der Waals surface area contributed by atoms with Gasteiger partial charge in [-0.05, 0) is 54.6 Å². The molecule has 0 radical (unpaired) electrons. The summed E-state index contributed by atoms with van der Waals surface area (Å²) in [6, 6.07) is 17.4. The summed E-state index contributed by atoms with van der Waals surface area (Å²) in [5, 5.41) is 7.25. The molecule has 0 amide bonds. The normalized spacial score (nSPS) is 11.3. The Labute approximate surface area is 186 Å². The van der Waals surface area contributed by atoms with E-state index in [4.69, 9.17) is 9.51 Å². The molecule has 3 heterocycles. The van der Waals surface area contributed by atoms with Gasteiger partial charge < -0.3 is 4.52 Å². The SMILES string of the molecule is Cc1ccc(C)c(-n2c(SCc3noc(-c4cccs4)n3)nc3ccccc3c2=O)c1. The minimum atomic E-state index is -0.0887. The maximum absolute atomic E-state index is 13.4. The van der Waals surface area contributed by atoms with Crippen LogP contribution in [0.5, 0.6) is 0 Å². The van der Waals surface area contributed by atoms with Crippen molar-refractivity contribution in [2.45, 2.75) is 24.8 Å². The molecule has 6 nitrogen and oxygen atoms in total. The van der Waals surface area contributed by atoms with Crippen LogP contribution >= 0.6 is 23.1 Å². The van der Waals surface area contributed by atoms with Crippen LogP contribution in [0.25, 0.3) is 27.4 Å². The summed E-state index contributed by atoms with van der Waals surface area (Å²) in [6.45, 7) is 4.01. The third-order valence-electron chi connectivity index (χ3n) is 4.88. The van der Waals surface area contributed by atoms with Crippen molar-refractivity contribution in [2.75, 3.05) is 0 Å². The van der Waals surface area contributed by atoms with Crippen LogP contribution in [0, 0.1) is 13.8 Å². The monoisotopic (exact) mass is 446 g/mol. The lowest BCUT2D eigenvalue weighted by molar-refractivity contribution is 0.426. The predicted molar refractivity (Wildman–Crippen MR) is 124 cm³/mol. The second-order valence-corrected chi connectivity index (χ2v) is 9.01. The Kier molecular flexibility index (Phi) is 5.17. The van der Waals surface area contributed by atoms with Crippen molar-refractivity contribution >= 4 is 34.0 Å². The first-order valence-corrected chi connectivity index (χ1v) is 11.6. The second kappa shape index (κ2) is 8.13. The highest BCUT2D eigenvalue weighted by atomic mass is 32.2. The fraction of sp³-hybridized carbons (Fsp3) is 0.130. The average Bonchev–Trinajstić information content (AvgIpc) is 3.46. The lowest BCUT2D eigenvalue weighted by Crippen LogP contribution is -2.22. The van der Waals surface area contributed by atoms with Crippen molar-refractivity contribution in [1.29, 1.82) is 0 Å². The molecule has 0 fully saturated rings. The third kappa shape index (κ3) is 3.80. The summed E-state index contributed by atoms with van der Waals surface area (Å²) in [6.07, 6.45) is 0. The first kappa shape index (κ1) is 19.7. The van der Waals surface area contributed by atoms with Gasteiger partial charge >= 0.3 is 0 Å². The number of aromatic nitrogens is 4. The van der Waals surface area contributed by atoms with Crippen LogP contribution in [0.4, 0.5) is 0 Å². The number of para-hydroxylation sites is 1. The second-order valence-electron chi connectivity index (χ2n) is 7.12. The van der Waals surface area contributed by atoms with Crippen molar-refractivity contribution in [1.82, 2.24) is 19.7 Å². The first-order valence-electron chi connectivity index (χ1n) is 9.69. The number of thiophene rings is 1. The van der Waals surface area contributed by atoms with E-state index in [2.05, 4.69) is 10.1 Å². The molecule has 0 unspecified atom stereocenters. The standard InChI is InChI=1S/C23H18N4O2S2/c1-14-9-10-15(2)18(12-14)27-22(28)16-6-3-4-7-17(16)24-23(27)31-13-20-25-21(29-26-20)19-8-5-11-30-19/h3-12H,13H2,1-2H3. The van der Waals surface area contributed by atoms with Crippen molar-refractivity contribution in [3.8, 4) is 16.5 Å². The maximum atomic E-state index is 13.4. The Bertz CT molecular complexity index is 1440. The van der Waals surface area contributed by atoms with Gasteiger partial charge in [-0.15, -0.1) is 11.3 Å². The Hall–Kier alpha value is -3.23. The first-order chi connectivity index (χ1) is 15.1. The van der Waals surface area contributed by atoms with E-state index >= 15 is 0 Å². The van der Waals surface area contributed by atoms with Crippen molar-refractivity contribution < 1.29 is 4.52 Å². The molecule has 0 saturated carbocycles. The van der Waals surface area contributed by atoms with E-state index < -0.39 is 0 Å². The number of thioether (sulfide) groups is 1. The molecule has 3 aromatic heterocycles. The van der Waals surface area contributed by atoms with Crippen molar-refractivity contribution in [3.05, 3.63) is 87.3 Å². The van der Waals surface area contributed by atoms with Gasteiger partial charge in [-0.2, -0.15) is 4.98 Å². The van der Waals surface area contributed by atoms with E-state index in [0.29, 0.717) is 33.5 Å². The molecule has 0 aliphatic heterocycles. The van der Waals surface area contributed by atoms with E-state index in [0.717, 1.165) is 21.7 Å². The zero-order valence-electron chi connectivity index (χ0n) is 16.9. The zero-order chi connectivity index (χ0) is 21.4. The molecule has 0 spiro atoms. The summed E-state index contributed by atoms with van der Waals surface area (Å²) in [5.41, 5.74) is 3.50. The molecule has 0 aliphatic carbocycles. The zero-order valence-corrected chi connectivity index (χ0v) is 18.5. The van der Waals surface area contributed by atoms with E-state index in [1.165, 1.54) is 11.8 Å². The Balaban J connectivity index is 1.57. The molecule has 0 saturated heterocycles. The van der Waals surface area contributed by atoms with Crippen LogP contribution < -0.4 is 5.56 Å². The highest BCUT2D eigenvalue weighted by Gasteiger charge is 2.17. The Morgan fingerprint density at radius 1 is 1.06 bits per heavy atom. The lowest BCUT2D eigenvalue weighted by Gasteiger charge is -2.15. The average molecular weight is 447 g/mol. The molecular formula is C23H18N4O2S2. The molecule has 0 bridgehead atoms. The highest BCUT2D eigenvalue weighted by molar-refractivity contribution is 7.98. The van der Waals surface area contributed by atoms with Gasteiger partial charge in [-0.1, -0.05) is 47.3 Å². The molecule has 0 aliphatic rings. The predicted octanol–water partition coefficient (Wildman–Crippen LogP) is 5.41. The fourth-order valence-electron chi connectivity index (χ4n) is 3.32. The molecule has 8 heteroatoms. The van der Waals surface area contributed by atoms with Crippen LogP contribution in [0.1, 0.15) is 17.0 Å². The van der Waals surface area contributed by atoms with Gasteiger partial charge in [0, 0.05) is 0 Å². The van der Waals surface area contributed by atoms with Gasteiger partial charge in [0.2, 0.25) is 0 Å². The van der Waals surface area contributed by atoms with Crippen molar-refractivity contribution in [2.24, 2.45) is 0 Å². The largest absolute Gasteiger partial charge is 0.333 e. The van der Waals surface area contributed by atoms with Gasteiger partial charge in [0.25, 0.3) is 11.4 Å². The van der Waals surface area contributed by atoms with E-state index in [9.17, 15) is 4.79 Å². The van der Waals surface area contributed by atoms with Crippen LogP contribution in [-0.4, -0.2) is 19.7 Å². The number of nitrogens with zero attached hydrogens (tertiary/aromatic N) is 4. The maximum Gasteiger partial charge on any atom is 0.268 e. The number of aryl methyl sites for hydroxylation is 2. The van der Waals surface area contributed by atoms with Crippen LogP contribution in [0.2, 0.25) is 0 Å². The number of hydrogen-bond acceptors (Lipinski definition) is 7. The minimum absolute atomic E-state index is 0.0887. The number of rotatable bonds is 5. The van der Waals surface area contributed by atoms with Gasteiger partial charge in [-0.3, -0.25) is 9.36 Å². The lowest BCUT2D eigenvalue weighted by atomic mass is 10.1. The molecule has 5 rings (SSSR count). The fourth-order valence-corrected chi connectivity index (χ4v) is 4.82. The number of benzene rings is 2. The minimum Gasteiger partial charge on any atom is -0.333 e. The molecule has 2 aromatic carbocycles. The molecule has 31 heavy (non-hydrogen) atoms. The summed E-state index contributed by atoms with van der Waals surface area (Å²) in [4.78, 5) is 23.7. The molecular weight excluding hydrogens is 428 g/mol. The van der Waals surface area contributed by atoms with E-state index in [-0.39, 0.29) is 5.56 Å². The molecule has 0 N–H and O–H groups in total. The number of fused-ring (bicyclic) bond motifs is 1. The van der Waals surface area contributed by atoms with Crippen LogP contribution in [0.15, 0.2) is 74.5 Å². The Morgan fingerprint density at radius 2 is 1.94 bits per heavy atom. The summed E-state index contributed by atoms with van der Waals surface area (Å²) >= 11 is 2.97. The smallest absolute Gasteiger partial charge is 0.268 e. The molecule has 5 aromatic rings. The summed E-state index contributed by atoms with van der Waals surface area (Å²) < 4.78 is 7.08. The van der Waals surface area contributed by atoms with E-state index in [1.807, 2.05) is 73.8 Å². The van der Waals surface area contributed by atoms with Crippen LogP contribution in [-0.2, 0) is 5.75 Å². The summed E-state index contributed by atoms with van der Waals surface area (Å²) in [7, 11) is 0. The van der Waals surface area contributed by atoms with Gasteiger partial charge in [0.1, 0.15) is 0 Å². The van der Waals surface area contributed by atoms with Gasteiger partial charge in [-0.25, -0.2) is 4.98 Å².